The van der Waals surface area contributed by atoms with E-state index in [1.54, 1.807) is 0 Å². The van der Waals surface area contributed by atoms with E-state index in [-0.39, 0.29) is 66.4 Å². The topological polar surface area (TPSA) is 38.7 Å². The number of hydrogen-bond donors (Lipinski definition) is 0. The van der Waals surface area contributed by atoms with Crippen molar-refractivity contribution in [2.24, 2.45) is 0 Å². The van der Waals surface area contributed by atoms with E-state index in [0.717, 1.165) is 33.6 Å². The molecule has 9 aromatic rings. The second kappa shape index (κ2) is 12.4. The predicted molar refractivity (Wildman–Crippen MR) is 205 cm³/mol. The molecule has 0 aliphatic carbocycles. The summed E-state index contributed by atoms with van der Waals surface area (Å²) in [4.78, 5) is 14.5. The lowest BCUT2D eigenvalue weighted by Crippen LogP contribution is -2.00. The second-order valence-electron chi connectivity index (χ2n) is 11.2. The van der Waals surface area contributed by atoms with Crippen LogP contribution in [0.4, 0.5) is 0 Å². The second-order valence-corrected chi connectivity index (χ2v) is 12.2. The minimum Gasteiger partial charge on any atom is -0.208 e. The van der Waals surface area contributed by atoms with Crippen LogP contribution >= 0.6 is 11.3 Å². The molecular formula is C45H29N3S. The van der Waals surface area contributed by atoms with Crippen molar-refractivity contribution in [2.75, 3.05) is 0 Å². The molecule has 0 spiro atoms. The van der Waals surface area contributed by atoms with Crippen molar-refractivity contribution in [3.63, 3.8) is 0 Å². The van der Waals surface area contributed by atoms with E-state index in [1.807, 2.05) is 72.8 Å². The third kappa shape index (κ3) is 5.58. The number of rotatable bonds is 6. The molecule has 0 bridgehead atoms. The smallest absolute Gasteiger partial charge is 0.164 e. The molecule has 7 aromatic carbocycles. The molecular weight excluding hydrogens is 615 g/mol. The SMILES string of the molecule is [2H]c1c([2H])c([2H])c(-c2c([2H])c([2H])c3c(sc4c([2H])c([2H])c([2H])c(-c5nc(-c6ccccc6)nc(-c6ccc(-c7ccc(-c8ccccc8)cc7)cc6)n5)c43)c2[2H])c([2H])c1[2H]. The molecule has 0 saturated heterocycles. The van der Waals surface area contributed by atoms with Gasteiger partial charge in [-0.25, -0.2) is 15.0 Å². The van der Waals surface area contributed by atoms with Crippen LogP contribution in [0.25, 0.3) is 87.7 Å². The van der Waals surface area contributed by atoms with Gasteiger partial charge in [0.1, 0.15) is 0 Å². The third-order valence-electron chi connectivity index (χ3n) is 8.18. The van der Waals surface area contributed by atoms with Gasteiger partial charge in [0.15, 0.2) is 17.5 Å². The first-order valence-electron chi connectivity index (χ1n) is 21.0. The van der Waals surface area contributed by atoms with E-state index < -0.39 is 54.4 Å². The molecule has 0 saturated carbocycles. The molecule has 0 radical (unpaired) electrons. The number of nitrogens with zero attached hydrogens (tertiary/aromatic N) is 3. The Morgan fingerprint density at radius 1 is 0.388 bits per heavy atom. The van der Waals surface area contributed by atoms with Gasteiger partial charge in [-0.2, -0.15) is 0 Å². The van der Waals surface area contributed by atoms with E-state index in [2.05, 4.69) is 36.4 Å². The Bertz CT molecular complexity index is 3170. The molecule has 0 aliphatic rings. The maximum Gasteiger partial charge on any atom is 0.164 e. The van der Waals surface area contributed by atoms with Gasteiger partial charge in [0.25, 0.3) is 0 Å². The first-order valence-corrected chi connectivity index (χ1v) is 16.3. The molecule has 0 N–H and O–H groups in total. The normalized spacial score (nSPS) is 14.4. The summed E-state index contributed by atoms with van der Waals surface area (Å²) in [5.41, 5.74) is 4.76. The third-order valence-corrected chi connectivity index (χ3v) is 9.20. The van der Waals surface area contributed by atoms with Crippen molar-refractivity contribution in [1.29, 1.82) is 0 Å². The Morgan fingerprint density at radius 3 is 1.55 bits per heavy atom. The molecule has 0 amide bonds. The summed E-state index contributed by atoms with van der Waals surface area (Å²) in [6.07, 6.45) is 0. The summed E-state index contributed by atoms with van der Waals surface area (Å²) in [6.45, 7) is 0. The van der Waals surface area contributed by atoms with Crippen molar-refractivity contribution in [2.45, 2.75) is 0 Å². The Balaban J connectivity index is 1.25. The zero-order valence-electron chi connectivity index (χ0n) is 36.6. The van der Waals surface area contributed by atoms with Gasteiger partial charge in [-0.05, 0) is 45.5 Å². The van der Waals surface area contributed by atoms with Crippen LogP contribution in [0.1, 0.15) is 15.1 Å². The predicted octanol–water partition coefficient (Wildman–Crippen LogP) is 12.2. The molecule has 2 aromatic heterocycles. The average molecular weight is 655 g/mol. The van der Waals surface area contributed by atoms with Gasteiger partial charge in [0.05, 0.1) is 15.1 Å². The highest BCUT2D eigenvalue weighted by Crippen LogP contribution is 2.41. The van der Waals surface area contributed by atoms with Gasteiger partial charge in [0.2, 0.25) is 0 Å². The quantitative estimate of drug-likeness (QED) is 0.179. The van der Waals surface area contributed by atoms with Crippen LogP contribution < -0.4 is 0 Å². The van der Waals surface area contributed by atoms with Crippen LogP contribution in [-0.4, -0.2) is 15.0 Å². The summed E-state index contributed by atoms with van der Waals surface area (Å²) in [6, 6.07) is 29.5. The first-order chi connectivity index (χ1) is 28.8. The molecule has 0 atom stereocenters. The average Bonchev–Trinajstić information content (AvgIpc) is 3.69. The van der Waals surface area contributed by atoms with Crippen LogP contribution in [-0.2, 0) is 0 Å². The highest BCUT2D eigenvalue weighted by atomic mass is 32.1. The van der Waals surface area contributed by atoms with E-state index in [4.69, 9.17) is 25.9 Å². The van der Waals surface area contributed by atoms with Crippen LogP contribution in [0.15, 0.2) is 176 Å². The number of aromatic nitrogens is 3. The van der Waals surface area contributed by atoms with Crippen molar-refractivity contribution in [3.8, 4) is 67.5 Å². The maximum atomic E-state index is 9.28. The minimum atomic E-state index is -0.645. The van der Waals surface area contributed by atoms with E-state index in [9.17, 15) is 4.11 Å². The number of fused-ring (bicyclic) bond motifs is 3. The molecule has 2 heterocycles. The Labute approximate surface area is 304 Å². The Morgan fingerprint density at radius 2 is 0.918 bits per heavy atom. The summed E-state index contributed by atoms with van der Waals surface area (Å²) < 4.78 is 96.5. The van der Waals surface area contributed by atoms with Gasteiger partial charge in [-0.1, -0.05) is 164 Å². The number of benzene rings is 7. The molecule has 49 heavy (non-hydrogen) atoms. The van der Waals surface area contributed by atoms with E-state index >= 15 is 0 Å². The molecule has 0 aliphatic heterocycles. The summed E-state index contributed by atoms with van der Waals surface area (Å²) >= 11 is 0.896. The standard InChI is InChI=1S/C45H29N3S/c1-4-11-30(12-5-1)32-19-21-33(22-20-32)34-23-25-36(26-24-34)44-46-43(35-15-8-3-9-16-35)47-45(48-44)39-17-10-18-40-42(39)38-28-27-37(29-41(38)49-40)31-13-6-2-7-14-31/h1-29H/i2D,6D,7D,10D,13D,14D,17D,18D,27D,28D,29D. The summed E-state index contributed by atoms with van der Waals surface area (Å²) in [5, 5.41) is 0.162. The molecule has 0 fully saturated rings. The van der Waals surface area contributed by atoms with Crippen molar-refractivity contribution in [1.82, 2.24) is 15.0 Å². The van der Waals surface area contributed by atoms with Crippen LogP contribution in [0, 0.1) is 0 Å². The minimum absolute atomic E-state index is 0.0102. The highest BCUT2D eigenvalue weighted by molar-refractivity contribution is 7.26. The number of thiophene rings is 1. The van der Waals surface area contributed by atoms with Crippen LogP contribution in [0.2, 0.25) is 0 Å². The van der Waals surface area contributed by atoms with Gasteiger partial charge < -0.3 is 0 Å². The Kier molecular flexibility index (Phi) is 4.96. The highest BCUT2D eigenvalue weighted by Gasteiger charge is 2.17. The monoisotopic (exact) mass is 654 g/mol. The molecule has 3 nitrogen and oxygen atoms in total. The summed E-state index contributed by atoms with van der Waals surface area (Å²) in [7, 11) is 0. The fourth-order valence-corrected chi connectivity index (χ4v) is 6.77. The van der Waals surface area contributed by atoms with Gasteiger partial charge in [0, 0.05) is 36.9 Å². The lowest BCUT2D eigenvalue weighted by Gasteiger charge is -2.10. The zero-order valence-corrected chi connectivity index (χ0v) is 26.5. The fourth-order valence-electron chi connectivity index (χ4n) is 5.75. The van der Waals surface area contributed by atoms with Crippen molar-refractivity contribution >= 4 is 31.5 Å². The van der Waals surface area contributed by atoms with E-state index in [1.165, 1.54) is 0 Å². The lowest BCUT2D eigenvalue weighted by molar-refractivity contribution is 1.08. The largest absolute Gasteiger partial charge is 0.208 e. The molecule has 230 valence electrons. The van der Waals surface area contributed by atoms with Crippen molar-refractivity contribution < 1.29 is 15.1 Å². The fraction of sp³-hybridized carbons (Fsp3) is 0. The zero-order chi connectivity index (χ0) is 42.1. The Hall–Kier alpha value is -6.23. The lowest BCUT2D eigenvalue weighted by atomic mass is 9.99. The first kappa shape index (κ1) is 19.6. The van der Waals surface area contributed by atoms with E-state index in [0.29, 0.717) is 11.1 Å². The molecule has 9 rings (SSSR count). The van der Waals surface area contributed by atoms with Gasteiger partial charge in [-0.15, -0.1) is 11.3 Å². The maximum absolute atomic E-state index is 9.28. The van der Waals surface area contributed by atoms with Crippen molar-refractivity contribution in [3.05, 3.63) is 176 Å². The van der Waals surface area contributed by atoms with Crippen LogP contribution in [0.5, 0.6) is 0 Å². The molecule has 0 unspecified atom stereocenters. The van der Waals surface area contributed by atoms with Gasteiger partial charge >= 0.3 is 0 Å². The van der Waals surface area contributed by atoms with Gasteiger partial charge in [-0.3, -0.25) is 0 Å². The van der Waals surface area contributed by atoms with Crippen LogP contribution in [0.3, 0.4) is 0 Å². The number of hydrogen-bond acceptors (Lipinski definition) is 4. The molecule has 4 heteroatoms. The summed E-state index contributed by atoms with van der Waals surface area (Å²) in [5.74, 6) is 0.506.